The largest absolute Gasteiger partial charge is 0.456 e. The number of aromatic nitrogens is 4. The first-order valence-corrected chi connectivity index (χ1v) is 18.8. The number of nitrogens with zero attached hydrogens (tertiary/aromatic N) is 4. The van der Waals surface area contributed by atoms with Crippen molar-refractivity contribution in [2.75, 3.05) is 0 Å². The lowest BCUT2D eigenvalue weighted by Gasteiger charge is -2.14. The highest BCUT2D eigenvalue weighted by Crippen LogP contribution is 2.40. The summed E-state index contributed by atoms with van der Waals surface area (Å²) in [5.74, 6) is 1.88. The lowest BCUT2D eigenvalue weighted by atomic mass is 10.0. The molecule has 3 heterocycles. The second-order valence-corrected chi connectivity index (χ2v) is 14.0. The average Bonchev–Trinajstić information content (AvgIpc) is 3.81. The lowest BCUT2D eigenvalue weighted by molar-refractivity contribution is 0.669. The standard InChI is InChI=1S/C51H32N4O/c1-4-14-33(15-5-1)39-20-10-12-22-44(39)55-45-23-13-11-21-40(45)41-27-24-37(32-46(41)55)36-25-28-47-42(30-36)43-31-38(26-29-48(43)56-47)51-53-49(34-16-6-2-7-17-34)52-50(54-51)35-18-8-3-9-19-35/h1-32H. The SMILES string of the molecule is c1ccc(-c2nc(-c3ccccc3)nc(-c3ccc4oc5ccc(-c6ccc7c8ccccc8n(-c8ccccc8-c8ccccc8)c7c6)cc5c4c3)n2)cc1. The molecule has 0 amide bonds. The topological polar surface area (TPSA) is 56.7 Å². The Balaban J connectivity index is 1.06. The van der Waals surface area contributed by atoms with E-state index in [0.29, 0.717) is 17.5 Å². The van der Waals surface area contributed by atoms with E-state index in [0.717, 1.165) is 61.0 Å². The van der Waals surface area contributed by atoms with Gasteiger partial charge >= 0.3 is 0 Å². The summed E-state index contributed by atoms with van der Waals surface area (Å²) in [6, 6.07) is 67.6. The van der Waals surface area contributed by atoms with Crippen LogP contribution >= 0.6 is 0 Å². The van der Waals surface area contributed by atoms with Gasteiger partial charge in [0.1, 0.15) is 11.2 Å². The lowest BCUT2D eigenvalue weighted by Crippen LogP contribution is -2.00. The molecule has 0 aliphatic rings. The maximum absolute atomic E-state index is 6.41. The molecule has 262 valence electrons. The molecule has 0 N–H and O–H groups in total. The highest BCUT2D eigenvalue weighted by molar-refractivity contribution is 6.11. The van der Waals surface area contributed by atoms with E-state index in [9.17, 15) is 0 Å². The predicted molar refractivity (Wildman–Crippen MR) is 229 cm³/mol. The fourth-order valence-corrected chi connectivity index (χ4v) is 7.97. The summed E-state index contributed by atoms with van der Waals surface area (Å²) in [5, 5.41) is 4.49. The smallest absolute Gasteiger partial charge is 0.164 e. The Hall–Kier alpha value is -7.63. The molecule has 0 atom stereocenters. The second kappa shape index (κ2) is 13.0. The van der Waals surface area contributed by atoms with Crippen molar-refractivity contribution in [3.8, 4) is 62.1 Å². The van der Waals surface area contributed by atoms with Gasteiger partial charge in [0, 0.05) is 43.8 Å². The van der Waals surface area contributed by atoms with E-state index in [1.165, 1.54) is 27.4 Å². The van der Waals surface area contributed by atoms with Crippen LogP contribution in [-0.2, 0) is 0 Å². The van der Waals surface area contributed by atoms with E-state index in [2.05, 4.69) is 126 Å². The second-order valence-electron chi connectivity index (χ2n) is 14.0. The fourth-order valence-electron chi connectivity index (χ4n) is 7.97. The Morgan fingerprint density at radius 1 is 0.321 bits per heavy atom. The monoisotopic (exact) mass is 716 g/mol. The normalized spacial score (nSPS) is 11.6. The van der Waals surface area contributed by atoms with Gasteiger partial charge in [0.05, 0.1) is 16.7 Å². The highest BCUT2D eigenvalue weighted by Gasteiger charge is 2.18. The van der Waals surface area contributed by atoms with E-state index in [4.69, 9.17) is 19.4 Å². The first kappa shape index (κ1) is 31.9. The van der Waals surface area contributed by atoms with Crippen molar-refractivity contribution in [2.45, 2.75) is 0 Å². The van der Waals surface area contributed by atoms with E-state index in [-0.39, 0.29) is 0 Å². The summed E-state index contributed by atoms with van der Waals surface area (Å²) in [7, 11) is 0. The molecule has 0 unspecified atom stereocenters. The molecule has 11 aromatic rings. The average molecular weight is 717 g/mol. The van der Waals surface area contributed by atoms with Crippen LogP contribution in [0, 0.1) is 0 Å². The van der Waals surface area contributed by atoms with Gasteiger partial charge in [-0.2, -0.15) is 0 Å². The minimum atomic E-state index is 0.610. The van der Waals surface area contributed by atoms with Crippen molar-refractivity contribution in [3.63, 3.8) is 0 Å². The summed E-state index contributed by atoms with van der Waals surface area (Å²) in [6.07, 6.45) is 0. The van der Waals surface area contributed by atoms with Gasteiger partial charge in [-0.15, -0.1) is 0 Å². The van der Waals surface area contributed by atoms with Crippen LogP contribution in [0.3, 0.4) is 0 Å². The van der Waals surface area contributed by atoms with Crippen LogP contribution in [0.2, 0.25) is 0 Å². The molecule has 0 radical (unpaired) electrons. The Kier molecular flexibility index (Phi) is 7.42. The third kappa shape index (κ3) is 5.37. The summed E-state index contributed by atoms with van der Waals surface area (Å²) in [4.78, 5) is 14.9. The zero-order valence-electron chi connectivity index (χ0n) is 30.2. The first-order chi connectivity index (χ1) is 27.7. The third-order valence-corrected chi connectivity index (χ3v) is 10.7. The van der Waals surface area contributed by atoms with Gasteiger partial charge < -0.3 is 8.98 Å². The number of furan rings is 1. The van der Waals surface area contributed by atoms with Gasteiger partial charge in [0.2, 0.25) is 0 Å². The number of hydrogen-bond acceptors (Lipinski definition) is 4. The summed E-state index contributed by atoms with van der Waals surface area (Å²) < 4.78 is 8.82. The van der Waals surface area contributed by atoms with Gasteiger partial charge in [0.15, 0.2) is 17.5 Å². The molecule has 5 nitrogen and oxygen atoms in total. The van der Waals surface area contributed by atoms with Crippen LogP contribution in [0.4, 0.5) is 0 Å². The molecule has 0 aliphatic carbocycles. The van der Waals surface area contributed by atoms with Crippen molar-refractivity contribution < 1.29 is 4.42 Å². The van der Waals surface area contributed by atoms with Crippen LogP contribution in [-0.4, -0.2) is 19.5 Å². The molecule has 0 spiro atoms. The van der Waals surface area contributed by atoms with Crippen LogP contribution in [0.5, 0.6) is 0 Å². The zero-order chi connectivity index (χ0) is 37.0. The minimum Gasteiger partial charge on any atom is -0.456 e. The molecule has 0 saturated carbocycles. The number of hydrogen-bond donors (Lipinski definition) is 0. The molecule has 0 aliphatic heterocycles. The van der Waals surface area contributed by atoms with Crippen molar-refractivity contribution in [1.82, 2.24) is 19.5 Å². The van der Waals surface area contributed by atoms with Crippen LogP contribution in [0.15, 0.2) is 199 Å². The predicted octanol–water partition coefficient (Wildman–Crippen LogP) is 13.2. The molecule has 3 aromatic heterocycles. The maximum Gasteiger partial charge on any atom is 0.164 e. The summed E-state index contributed by atoms with van der Waals surface area (Å²) in [6.45, 7) is 0. The molecular formula is C51H32N4O. The summed E-state index contributed by atoms with van der Waals surface area (Å²) >= 11 is 0. The summed E-state index contributed by atoms with van der Waals surface area (Å²) in [5.41, 5.74) is 12.5. The third-order valence-electron chi connectivity index (χ3n) is 10.7. The van der Waals surface area contributed by atoms with Crippen LogP contribution in [0.25, 0.3) is 106 Å². The van der Waals surface area contributed by atoms with Crippen molar-refractivity contribution in [1.29, 1.82) is 0 Å². The van der Waals surface area contributed by atoms with E-state index in [1.54, 1.807) is 0 Å². The molecule has 8 aromatic carbocycles. The Morgan fingerprint density at radius 2 is 0.804 bits per heavy atom. The highest BCUT2D eigenvalue weighted by atomic mass is 16.3. The molecule has 56 heavy (non-hydrogen) atoms. The van der Waals surface area contributed by atoms with Gasteiger partial charge in [-0.3, -0.25) is 0 Å². The molecule has 0 saturated heterocycles. The molecule has 11 rings (SSSR count). The van der Waals surface area contributed by atoms with Gasteiger partial charge in [0.25, 0.3) is 0 Å². The van der Waals surface area contributed by atoms with E-state index in [1.807, 2.05) is 72.8 Å². The molecule has 0 bridgehead atoms. The number of benzene rings is 8. The number of para-hydroxylation sites is 2. The Morgan fingerprint density at radius 3 is 1.48 bits per heavy atom. The Bertz CT molecular complexity index is 3180. The molecular weight excluding hydrogens is 685 g/mol. The maximum atomic E-state index is 6.41. The van der Waals surface area contributed by atoms with Crippen molar-refractivity contribution in [2.24, 2.45) is 0 Å². The first-order valence-electron chi connectivity index (χ1n) is 18.8. The van der Waals surface area contributed by atoms with Crippen molar-refractivity contribution >= 4 is 43.7 Å². The van der Waals surface area contributed by atoms with Gasteiger partial charge in [-0.1, -0.05) is 146 Å². The number of rotatable bonds is 6. The zero-order valence-corrected chi connectivity index (χ0v) is 30.2. The van der Waals surface area contributed by atoms with Crippen LogP contribution in [0.1, 0.15) is 0 Å². The molecule has 0 fully saturated rings. The quantitative estimate of drug-likeness (QED) is 0.172. The van der Waals surface area contributed by atoms with E-state index >= 15 is 0 Å². The number of fused-ring (bicyclic) bond motifs is 6. The fraction of sp³-hybridized carbons (Fsp3) is 0. The van der Waals surface area contributed by atoms with Crippen molar-refractivity contribution in [3.05, 3.63) is 194 Å². The van der Waals surface area contributed by atoms with Crippen LogP contribution < -0.4 is 0 Å². The Labute approximate surface area is 322 Å². The van der Waals surface area contributed by atoms with Gasteiger partial charge in [-0.25, -0.2) is 15.0 Å². The minimum absolute atomic E-state index is 0.610. The molecule has 5 heteroatoms. The van der Waals surface area contributed by atoms with E-state index < -0.39 is 0 Å². The van der Waals surface area contributed by atoms with Gasteiger partial charge in [-0.05, 0) is 65.2 Å².